The lowest BCUT2D eigenvalue weighted by atomic mass is 10.0. The molecule has 0 bridgehead atoms. The Morgan fingerprint density at radius 3 is 1.48 bits per heavy atom. The molecule has 234 valence electrons. The van der Waals surface area contributed by atoms with Gasteiger partial charge >= 0.3 is 0 Å². The van der Waals surface area contributed by atoms with Crippen molar-refractivity contribution in [2.75, 3.05) is 0 Å². The van der Waals surface area contributed by atoms with Gasteiger partial charge in [-0.1, -0.05) is 152 Å². The largest absolute Gasteiger partial charge is 0.246 e. The van der Waals surface area contributed by atoms with Crippen LogP contribution in [0.5, 0.6) is 0 Å². The number of hydrogen-bond acceptors (Lipinski definition) is 5. The predicted octanol–water partition coefficient (Wildman–Crippen LogP) is 11.0. The smallest absolute Gasteiger partial charge is 0.164 e. The van der Waals surface area contributed by atoms with Gasteiger partial charge in [0.1, 0.15) is 0 Å². The van der Waals surface area contributed by atoms with Crippen LogP contribution < -0.4 is 0 Å². The molecule has 5 heteroatoms. The molecule has 5 nitrogen and oxygen atoms in total. The van der Waals surface area contributed by atoms with Gasteiger partial charge in [0.15, 0.2) is 17.5 Å². The number of hydrogen-bond donors (Lipinski definition) is 0. The van der Waals surface area contributed by atoms with E-state index in [1.807, 2.05) is 72.8 Å². The summed E-state index contributed by atoms with van der Waals surface area (Å²) in [6.07, 6.45) is 0. The lowest BCUT2D eigenvalue weighted by molar-refractivity contribution is 1.07. The second kappa shape index (κ2) is 12.6. The summed E-state index contributed by atoms with van der Waals surface area (Å²) < 4.78 is 0. The van der Waals surface area contributed by atoms with Gasteiger partial charge in [0.25, 0.3) is 0 Å². The van der Waals surface area contributed by atoms with Crippen LogP contribution >= 0.6 is 0 Å². The number of aromatic nitrogens is 5. The van der Waals surface area contributed by atoms with Crippen LogP contribution in [0.25, 0.3) is 89.6 Å². The highest BCUT2D eigenvalue weighted by Gasteiger charge is 2.15. The van der Waals surface area contributed by atoms with Crippen molar-refractivity contribution in [2.24, 2.45) is 0 Å². The molecule has 3 heterocycles. The first-order valence-electron chi connectivity index (χ1n) is 16.6. The van der Waals surface area contributed by atoms with Crippen LogP contribution in [0, 0.1) is 0 Å². The predicted molar refractivity (Wildman–Crippen MR) is 203 cm³/mol. The molecule has 0 spiro atoms. The molecule has 9 rings (SSSR count). The summed E-state index contributed by atoms with van der Waals surface area (Å²) in [4.78, 5) is 25.2. The van der Waals surface area contributed by atoms with Crippen molar-refractivity contribution in [3.8, 4) is 67.9 Å². The molecule has 0 unspecified atom stereocenters. The molecule has 0 atom stereocenters. The van der Waals surface area contributed by atoms with E-state index < -0.39 is 0 Å². The first kappa shape index (κ1) is 29.3. The first-order chi connectivity index (χ1) is 24.8. The molecule has 0 N–H and O–H groups in total. The highest BCUT2D eigenvalue weighted by molar-refractivity contribution is 6.10. The van der Waals surface area contributed by atoms with E-state index in [9.17, 15) is 0 Å². The number of rotatable bonds is 6. The van der Waals surface area contributed by atoms with Gasteiger partial charge in [-0.2, -0.15) is 0 Å². The number of para-hydroxylation sites is 1. The van der Waals surface area contributed by atoms with Crippen LogP contribution in [0.2, 0.25) is 0 Å². The first-order valence-corrected chi connectivity index (χ1v) is 16.6. The average molecular weight is 640 g/mol. The lowest BCUT2D eigenvalue weighted by Crippen LogP contribution is -2.00. The Morgan fingerprint density at radius 1 is 0.260 bits per heavy atom. The maximum absolute atomic E-state index is 5.15. The van der Waals surface area contributed by atoms with Gasteiger partial charge in [-0.3, -0.25) is 0 Å². The summed E-state index contributed by atoms with van der Waals surface area (Å²) in [6, 6.07) is 59.8. The molecule has 6 aromatic carbocycles. The van der Waals surface area contributed by atoms with Crippen molar-refractivity contribution in [2.45, 2.75) is 0 Å². The zero-order chi connectivity index (χ0) is 33.3. The second-order valence-electron chi connectivity index (χ2n) is 12.1. The summed E-state index contributed by atoms with van der Waals surface area (Å²) in [5.41, 5.74) is 9.48. The topological polar surface area (TPSA) is 64.5 Å². The molecule has 3 aromatic heterocycles. The van der Waals surface area contributed by atoms with Crippen LogP contribution in [0.3, 0.4) is 0 Å². The van der Waals surface area contributed by atoms with Crippen LogP contribution in [-0.4, -0.2) is 24.9 Å². The zero-order valence-electron chi connectivity index (χ0n) is 27.0. The summed E-state index contributed by atoms with van der Waals surface area (Å²) in [6.45, 7) is 0. The molecule has 0 amide bonds. The Kier molecular flexibility index (Phi) is 7.41. The molecule has 0 saturated heterocycles. The fourth-order valence-corrected chi connectivity index (χ4v) is 6.44. The summed E-state index contributed by atoms with van der Waals surface area (Å²) in [5, 5.41) is 3.37. The second-order valence-corrected chi connectivity index (χ2v) is 12.1. The maximum Gasteiger partial charge on any atom is 0.164 e. The van der Waals surface area contributed by atoms with Gasteiger partial charge in [-0.05, 0) is 40.8 Å². The quantitative estimate of drug-likeness (QED) is 0.169. The third-order valence-corrected chi connectivity index (χ3v) is 8.93. The van der Waals surface area contributed by atoms with Gasteiger partial charge in [0.05, 0.1) is 22.6 Å². The molecule has 0 saturated carbocycles. The van der Waals surface area contributed by atoms with Gasteiger partial charge in [-0.25, -0.2) is 24.9 Å². The Bertz CT molecular complexity index is 2640. The molecule has 0 aliphatic rings. The van der Waals surface area contributed by atoms with E-state index in [0.717, 1.165) is 66.6 Å². The molecular formula is C45H29N5. The van der Waals surface area contributed by atoms with E-state index in [1.54, 1.807) is 0 Å². The van der Waals surface area contributed by atoms with Crippen molar-refractivity contribution in [3.05, 3.63) is 176 Å². The van der Waals surface area contributed by atoms with Crippen molar-refractivity contribution >= 4 is 21.7 Å². The highest BCUT2D eigenvalue weighted by Crippen LogP contribution is 2.33. The fourth-order valence-electron chi connectivity index (χ4n) is 6.44. The van der Waals surface area contributed by atoms with Gasteiger partial charge < -0.3 is 0 Å². The van der Waals surface area contributed by atoms with E-state index in [2.05, 4.69) is 103 Å². The number of fused-ring (bicyclic) bond motifs is 3. The van der Waals surface area contributed by atoms with Gasteiger partial charge in [0, 0.05) is 33.0 Å². The van der Waals surface area contributed by atoms with E-state index in [4.69, 9.17) is 24.9 Å². The number of nitrogens with zero attached hydrogens (tertiary/aromatic N) is 5. The summed E-state index contributed by atoms with van der Waals surface area (Å²) >= 11 is 0. The third-order valence-electron chi connectivity index (χ3n) is 8.93. The van der Waals surface area contributed by atoms with E-state index in [1.165, 1.54) is 5.56 Å². The van der Waals surface area contributed by atoms with E-state index >= 15 is 0 Å². The highest BCUT2D eigenvalue weighted by atomic mass is 15.0. The molecule has 9 aromatic rings. The average Bonchev–Trinajstić information content (AvgIpc) is 3.21. The summed E-state index contributed by atoms with van der Waals surface area (Å²) in [5.74, 6) is 1.84. The Labute approximate surface area is 289 Å². The van der Waals surface area contributed by atoms with Crippen LogP contribution in [0.4, 0.5) is 0 Å². The van der Waals surface area contributed by atoms with Crippen LogP contribution in [0.15, 0.2) is 176 Å². The molecule has 0 radical (unpaired) electrons. The number of benzene rings is 6. The maximum atomic E-state index is 5.15. The standard InChI is InChI=1S/C45H29N5/c1-3-13-30(14-4-1)31-25-27-33(28-26-31)44-48-43(32-15-5-2-6-16-32)49-45(50-44)35-18-11-17-34(29-35)39-23-12-24-41(46-39)42-38-21-8-7-19-36(38)37-20-9-10-22-40(37)47-42/h1-29H. The van der Waals surface area contributed by atoms with Crippen molar-refractivity contribution in [1.29, 1.82) is 0 Å². The molecule has 0 aliphatic heterocycles. The monoisotopic (exact) mass is 639 g/mol. The minimum atomic E-state index is 0.598. The lowest BCUT2D eigenvalue weighted by Gasteiger charge is -2.11. The van der Waals surface area contributed by atoms with Crippen molar-refractivity contribution in [3.63, 3.8) is 0 Å². The Morgan fingerprint density at radius 2 is 0.740 bits per heavy atom. The minimum absolute atomic E-state index is 0.598. The molecular weight excluding hydrogens is 611 g/mol. The van der Waals surface area contributed by atoms with Crippen LogP contribution in [0.1, 0.15) is 0 Å². The molecule has 0 aliphatic carbocycles. The van der Waals surface area contributed by atoms with Gasteiger partial charge in [0.2, 0.25) is 0 Å². The third kappa shape index (κ3) is 5.57. The van der Waals surface area contributed by atoms with Crippen molar-refractivity contribution in [1.82, 2.24) is 24.9 Å². The molecule has 50 heavy (non-hydrogen) atoms. The van der Waals surface area contributed by atoms with Crippen LogP contribution in [-0.2, 0) is 0 Å². The van der Waals surface area contributed by atoms with E-state index in [0.29, 0.717) is 17.5 Å². The van der Waals surface area contributed by atoms with Crippen molar-refractivity contribution < 1.29 is 0 Å². The normalized spacial score (nSPS) is 11.2. The zero-order valence-corrected chi connectivity index (χ0v) is 27.0. The number of pyridine rings is 2. The van der Waals surface area contributed by atoms with E-state index in [-0.39, 0.29) is 0 Å². The fraction of sp³-hybridized carbons (Fsp3) is 0. The Hall–Kier alpha value is -6.85. The summed E-state index contributed by atoms with van der Waals surface area (Å²) in [7, 11) is 0. The minimum Gasteiger partial charge on any atom is -0.246 e. The van der Waals surface area contributed by atoms with Gasteiger partial charge in [-0.15, -0.1) is 0 Å². The Balaban J connectivity index is 1.13. The SMILES string of the molecule is c1ccc(-c2ccc(-c3nc(-c4ccccc4)nc(-c4cccc(-c5cccc(-c6nc7ccccc7c7ccccc67)n5)c4)n3)cc2)cc1. The molecule has 0 fully saturated rings.